The van der Waals surface area contributed by atoms with Crippen LogP contribution in [-0.2, 0) is 24.2 Å². The van der Waals surface area contributed by atoms with E-state index in [-0.39, 0.29) is 0 Å². The molecule has 0 aliphatic heterocycles. The van der Waals surface area contributed by atoms with E-state index in [1.54, 1.807) is 28.4 Å². The zero-order chi connectivity index (χ0) is 22.1. The molecular weight excluding hydrogens is 394 g/mol. The predicted octanol–water partition coefficient (Wildman–Crippen LogP) is 3.90. The van der Waals surface area contributed by atoms with E-state index in [0.29, 0.717) is 37.9 Å². The molecule has 0 aliphatic carbocycles. The zero-order valence-electron chi connectivity index (χ0n) is 18.5. The fourth-order valence-corrected chi connectivity index (χ4v) is 3.19. The molecular formula is C24H29N3O4. The summed E-state index contributed by atoms with van der Waals surface area (Å²) in [5.41, 5.74) is 3.17. The molecule has 0 bridgehead atoms. The number of nitrogens with zero attached hydrogens (tertiary/aromatic N) is 3. The molecule has 2 aromatic carbocycles. The Morgan fingerprint density at radius 3 is 1.74 bits per heavy atom. The molecule has 3 rings (SSSR count). The van der Waals surface area contributed by atoms with Crippen LogP contribution in [0.1, 0.15) is 16.7 Å². The third kappa shape index (κ3) is 6.08. The summed E-state index contributed by atoms with van der Waals surface area (Å²) in [5, 5.41) is 0. The number of hydrogen-bond acceptors (Lipinski definition) is 7. The standard InChI is InChI=1S/C24H29N3O4/c1-28-14-13-20-15-25-24(26-23(20)31-4)27(16-18-5-9-21(29-2)10-6-18)17-19-7-11-22(30-3)12-8-19/h5-12,15H,13-14,16-17H2,1-4H3. The number of ether oxygens (including phenoxy) is 4. The molecule has 0 fully saturated rings. The van der Waals surface area contributed by atoms with Crippen molar-refractivity contribution in [2.75, 3.05) is 39.9 Å². The Labute approximate surface area is 183 Å². The van der Waals surface area contributed by atoms with Crippen molar-refractivity contribution in [2.45, 2.75) is 19.5 Å². The van der Waals surface area contributed by atoms with Crippen molar-refractivity contribution in [3.8, 4) is 17.4 Å². The maximum Gasteiger partial charge on any atom is 0.229 e. The third-order valence-electron chi connectivity index (χ3n) is 4.93. The van der Waals surface area contributed by atoms with Crippen LogP contribution in [0.25, 0.3) is 0 Å². The van der Waals surface area contributed by atoms with Crippen LogP contribution in [0.4, 0.5) is 5.95 Å². The van der Waals surface area contributed by atoms with Crippen molar-refractivity contribution in [2.24, 2.45) is 0 Å². The minimum absolute atomic E-state index is 0.566. The molecule has 164 valence electrons. The van der Waals surface area contributed by atoms with E-state index in [0.717, 1.165) is 28.2 Å². The SMILES string of the molecule is COCCc1cnc(N(Cc2ccc(OC)cc2)Cc2ccc(OC)cc2)nc1OC. The van der Waals surface area contributed by atoms with Gasteiger partial charge in [0, 0.05) is 38.4 Å². The highest BCUT2D eigenvalue weighted by Gasteiger charge is 2.15. The van der Waals surface area contributed by atoms with Gasteiger partial charge < -0.3 is 23.8 Å². The molecule has 7 nitrogen and oxygen atoms in total. The van der Waals surface area contributed by atoms with Crippen LogP contribution >= 0.6 is 0 Å². The smallest absolute Gasteiger partial charge is 0.229 e. The fourth-order valence-electron chi connectivity index (χ4n) is 3.19. The molecule has 0 spiro atoms. The molecule has 0 saturated carbocycles. The van der Waals surface area contributed by atoms with Crippen LogP contribution in [0.5, 0.6) is 17.4 Å². The van der Waals surface area contributed by atoms with E-state index >= 15 is 0 Å². The monoisotopic (exact) mass is 423 g/mol. The van der Waals surface area contributed by atoms with Crippen LogP contribution in [0, 0.1) is 0 Å². The summed E-state index contributed by atoms with van der Waals surface area (Å²) in [4.78, 5) is 11.4. The molecule has 1 heterocycles. The lowest BCUT2D eigenvalue weighted by atomic mass is 10.1. The van der Waals surface area contributed by atoms with E-state index in [1.165, 1.54) is 0 Å². The topological polar surface area (TPSA) is 65.9 Å². The summed E-state index contributed by atoms with van der Waals surface area (Å²) < 4.78 is 21.3. The lowest BCUT2D eigenvalue weighted by Crippen LogP contribution is -2.24. The second-order valence-electron chi connectivity index (χ2n) is 7.00. The largest absolute Gasteiger partial charge is 0.497 e. The molecule has 0 saturated heterocycles. The summed E-state index contributed by atoms with van der Waals surface area (Å²) in [6, 6.07) is 16.0. The van der Waals surface area contributed by atoms with E-state index in [1.807, 2.05) is 54.7 Å². The summed E-state index contributed by atoms with van der Waals surface area (Å²) in [7, 11) is 6.62. The van der Waals surface area contributed by atoms with Crippen LogP contribution in [0.2, 0.25) is 0 Å². The van der Waals surface area contributed by atoms with Crippen molar-refractivity contribution in [1.82, 2.24) is 9.97 Å². The van der Waals surface area contributed by atoms with Gasteiger partial charge in [-0.15, -0.1) is 0 Å². The second-order valence-corrected chi connectivity index (χ2v) is 7.00. The van der Waals surface area contributed by atoms with Gasteiger partial charge in [0.15, 0.2) is 0 Å². The first-order valence-electron chi connectivity index (χ1n) is 10.1. The molecule has 0 atom stereocenters. The maximum absolute atomic E-state index is 5.53. The molecule has 3 aromatic rings. The lowest BCUT2D eigenvalue weighted by Gasteiger charge is -2.24. The van der Waals surface area contributed by atoms with Gasteiger partial charge in [0.25, 0.3) is 0 Å². The number of rotatable bonds is 11. The summed E-state index contributed by atoms with van der Waals surface area (Å²) >= 11 is 0. The van der Waals surface area contributed by atoms with Gasteiger partial charge in [-0.1, -0.05) is 24.3 Å². The Kier molecular flexibility index (Phi) is 8.06. The quantitative estimate of drug-likeness (QED) is 0.463. The van der Waals surface area contributed by atoms with Gasteiger partial charge in [0.2, 0.25) is 11.8 Å². The number of benzene rings is 2. The molecule has 31 heavy (non-hydrogen) atoms. The molecule has 0 N–H and O–H groups in total. The van der Waals surface area contributed by atoms with E-state index in [4.69, 9.17) is 23.9 Å². The van der Waals surface area contributed by atoms with Gasteiger partial charge in [-0.25, -0.2) is 4.98 Å². The van der Waals surface area contributed by atoms with E-state index < -0.39 is 0 Å². The van der Waals surface area contributed by atoms with Crippen molar-refractivity contribution in [3.63, 3.8) is 0 Å². The van der Waals surface area contributed by atoms with Gasteiger partial charge >= 0.3 is 0 Å². The molecule has 7 heteroatoms. The molecule has 0 unspecified atom stereocenters. The minimum atomic E-state index is 0.566. The van der Waals surface area contributed by atoms with Crippen LogP contribution < -0.4 is 19.1 Å². The first kappa shape index (κ1) is 22.4. The Hall–Kier alpha value is -3.32. The van der Waals surface area contributed by atoms with Crippen molar-refractivity contribution in [3.05, 3.63) is 71.4 Å². The first-order valence-corrected chi connectivity index (χ1v) is 10.1. The zero-order valence-corrected chi connectivity index (χ0v) is 18.5. The highest BCUT2D eigenvalue weighted by atomic mass is 16.5. The van der Waals surface area contributed by atoms with E-state index in [9.17, 15) is 0 Å². The maximum atomic E-state index is 5.53. The van der Waals surface area contributed by atoms with Gasteiger partial charge in [0.05, 0.1) is 27.9 Å². The molecule has 0 amide bonds. The second kappa shape index (κ2) is 11.2. The predicted molar refractivity (Wildman–Crippen MR) is 120 cm³/mol. The van der Waals surface area contributed by atoms with Gasteiger partial charge in [-0.05, 0) is 35.4 Å². The number of methoxy groups -OCH3 is 4. The van der Waals surface area contributed by atoms with Crippen LogP contribution in [0.15, 0.2) is 54.7 Å². The number of anilines is 1. The highest BCUT2D eigenvalue weighted by molar-refractivity contribution is 5.40. The minimum Gasteiger partial charge on any atom is -0.497 e. The lowest BCUT2D eigenvalue weighted by molar-refractivity contribution is 0.201. The Morgan fingerprint density at radius 1 is 0.742 bits per heavy atom. The first-order chi connectivity index (χ1) is 15.2. The Bertz CT molecular complexity index is 897. The summed E-state index contributed by atoms with van der Waals surface area (Å²) in [6.45, 7) is 1.85. The Morgan fingerprint density at radius 2 is 1.29 bits per heavy atom. The van der Waals surface area contributed by atoms with Crippen LogP contribution in [0.3, 0.4) is 0 Å². The summed E-state index contributed by atoms with van der Waals surface area (Å²) in [5.74, 6) is 2.82. The molecule has 0 radical (unpaired) electrons. The average molecular weight is 424 g/mol. The van der Waals surface area contributed by atoms with Crippen molar-refractivity contribution in [1.29, 1.82) is 0 Å². The van der Waals surface area contributed by atoms with Gasteiger partial charge in [0.1, 0.15) is 11.5 Å². The fraction of sp³-hybridized carbons (Fsp3) is 0.333. The number of aromatic nitrogens is 2. The molecule has 1 aromatic heterocycles. The van der Waals surface area contributed by atoms with Crippen molar-refractivity contribution >= 4 is 5.95 Å². The molecule has 0 aliphatic rings. The Balaban J connectivity index is 1.89. The summed E-state index contributed by atoms with van der Waals surface area (Å²) in [6.07, 6.45) is 2.51. The van der Waals surface area contributed by atoms with E-state index in [2.05, 4.69) is 9.88 Å². The normalized spacial score (nSPS) is 10.6. The van der Waals surface area contributed by atoms with Gasteiger partial charge in [-0.3, -0.25) is 0 Å². The number of hydrogen-bond donors (Lipinski definition) is 0. The third-order valence-corrected chi connectivity index (χ3v) is 4.93. The average Bonchev–Trinajstić information content (AvgIpc) is 2.83. The van der Waals surface area contributed by atoms with Crippen molar-refractivity contribution < 1.29 is 18.9 Å². The van der Waals surface area contributed by atoms with Crippen LogP contribution in [-0.4, -0.2) is 45.0 Å². The van der Waals surface area contributed by atoms with Gasteiger partial charge in [-0.2, -0.15) is 4.98 Å². The highest BCUT2D eigenvalue weighted by Crippen LogP contribution is 2.23.